The lowest BCUT2D eigenvalue weighted by Gasteiger charge is -2.11. The van der Waals surface area contributed by atoms with E-state index in [1.165, 1.54) is 11.5 Å². The summed E-state index contributed by atoms with van der Waals surface area (Å²) in [5, 5.41) is 11.5. The highest BCUT2D eigenvalue weighted by Gasteiger charge is 2.09. The number of hydrogen-bond acceptors (Lipinski definition) is 4. The van der Waals surface area contributed by atoms with Crippen molar-refractivity contribution in [1.29, 1.82) is 5.41 Å². The molecule has 0 fully saturated rings. The standard InChI is InChI=1S/C20H20N4OS/c1-13-7-9-17(10-8-13)22-20(24-19(21)11-14(2)26-24)23-18-6-4-5-16(12-18)15(3)25/h4-12,21H,1-3H3,(H,22,23). The van der Waals surface area contributed by atoms with Gasteiger partial charge in [0.1, 0.15) is 5.49 Å². The van der Waals surface area contributed by atoms with Crippen LogP contribution < -0.4 is 10.8 Å². The van der Waals surface area contributed by atoms with Crippen LogP contribution in [0.1, 0.15) is 27.7 Å². The lowest BCUT2D eigenvalue weighted by atomic mass is 10.1. The van der Waals surface area contributed by atoms with Crippen LogP contribution in [-0.2, 0) is 0 Å². The van der Waals surface area contributed by atoms with Crippen LogP contribution in [0, 0.1) is 19.3 Å². The molecule has 5 nitrogen and oxygen atoms in total. The van der Waals surface area contributed by atoms with Crippen molar-refractivity contribution in [3.05, 3.63) is 76.1 Å². The van der Waals surface area contributed by atoms with E-state index in [2.05, 4.69) is 10.3 Å². The third-order valence-electron chi connectivity index (χ3n) is 3.78. The molecule has 0 spiro atoms. The molecule has 0 radical (unpaired) electrons. The van der Waals surface area contributed by atoms with E-state index in [4.69, 9.17) is 5.41 Å². The summed E-state index contributed by atoms with van der Waals surface area (Å²) < 4.78 is 1.73. The second kappa shape index (κ2) is 7.49. The smallest absolute Gasteiger partial charge is 0.223 e. The molecule has 2 aromatic carbocycles. The van der Waals surface area contributed by atoms with Gasteiger partial charge in [-0.15, -0.1) is 0 Å². The van der Waals surface area contributed by atoms with Crippen LogP contribution in [0.2, 0.25) is 0 Å². The predicted molar refractivity (Wildman–Crippen MR) is 107 cm³/mol. The molecule has 6 heteroatoms. The molecule has 0 aliphatic rings. The zero-order valence-electron chi connectivity index (χ0n) is 14.9. The number of carbonyl (C=O) groups is 1. The van der Waals surface area contributed by atoms with Crippen LogP contribution in [0.5, 0.6) is 0 Å². The molecule has 0 bridgehead atoms. The first-order valence-electron chi connectivity index (χ1n) is 8.21. The lowest BCUT2D eigenvalue weighted by molar-refractivity contribution is 0.101. The lowest BCUT2D eigenvalue weighted by Crippen LogP contribution is -2.28. The first-order valence-corrected chi connectivity index (χ1v) is 8.98. The monoisotopic (exact) mass is 364 g/mol. The molecule has 0 saturated carbocycles. The molecule has 3 rings (SSSR count). The first kappa shape index (κ1) is 17.8. The Labute approximate surface area is 156 Å². The Morgan fingerprint density at radius 2 is 1.85 bits per heavy atom. The molecule has 132 valence electrons. The number of aromatic nitrogens is 1. The Hall–Kier alpha value is -2.99. The third kappa shape index (κ3) is 4.15. The summed E-state index contributed by atoms with van der Waals surface area (Å²) in [6.07, 6.45) is 0. The normalized spacial score (nSPS) is 11.4. The van der Waals surface area contributed by atoms with E-state index in [0.29, 0.717) is 17.0 Å². The van der Waals surface area contributed by atoms with Gasteiger partial charge in [0, 0.05) is 16.1 Å². The Balaban J connectivity index is 2.05. The van der Waals surface area contributed by atoms with Crippen LogP contribution in [0.25, 0.3) is 0 Å². The topological polar surface area (TPSA) is 70.2 Å². The van der Waals surface area contributed by atoms with Crippen molar-refractivity contribution in [1.82, 2.24) is 3.96 Å². The minimum absolute atomic E-state index is 0.00600. The molecule has 1 heterocycles. The van der Waals surface area contributed by atoms with Gasteiger partial charge in [0.15, 0.2) is 5.78 Å². The predicted octanol–water partition coefficient (Wildman–Crippen LogP) is 4.50. The van der Waals surface area contributed by atoms with Gasteiger partial charge in [-0.2, -0.15) is 0 Å². The maximum absolute atomic E-state index is 11.6. The highest BCUT2D eigenvalue weighted by atomic mass is 32.1. The Kier molecular flexibility index (Phi) is 5.14. The van der Waals surface area contributed by atoms with Crippen molar-refractivity contribution in [3.63, 3.8) is 0 Å². The molecule has 0 amide bonds. The highest BCUT2D eigenvalue weighted by Crippen LogP contribution is 2.17. The van der Waals surface area contributed by atoms with Crippen LogP contribution in [0.4, 0.5) is 11.4 Å². The zero-order valence-corrected chi connectivity index (χ0v) is 15.7. The van der Waals surface area contributed by atoms with Gasteiger partial charge in [0.2, 0.25) is 5.96 Å². The van der Waals surface area contributed by atoms with Gasteiger partial charge in [0.25, 0.3) is 0 Å². The summed E-state index contributed by atoms with van der Waals surface area (Å²) in [6, 6.07) is 16.9. The van der Waals surface area contributed by atoms with Gasteiger partial charge in [0.05, 0.1) is 5.69 Å². The van der Waals surface area contributed by atoms with Gasteiger partial charge in [-0.3, -0.25) is 10.2 Å². The molecule has 3 aromatic rings. The Bertz CT molecular complexity index is 1030. The first-order chi connectivity index (χ1) is 12.4. The van der Waals surface area contributed by atoms with E-state index in [9.17, 15) is 4.79 Å². The van der Waals surface area contributed by atoms with E-state index in [1.807, 2.05) is 50.2 Å². The number of nitrogens with zero attached hydrogens (tertiary/aromatic N) is 2. The van der Waals surface area contributed by atoms with Crippen molar-refractivity contribution in [2.75, 3.05) is 5.32 Å². The number of anilines is 1. The summed E-state index contributed by atoms with van der Waals surface area (Å²) in [5.74, 6) is 0.532. The number of carbonyl (C=O) groups excluding carboxylic acids is 1. The fourth-order valence-electron chi connectivity index (χ4n) is 2.44. The number of rotatable bonds is 3. The van der Waals surface area contributed by atoms with E-state index in [-0.39, 0.29) is 5.78 Å². The molecule has 2 N–H and O–H groups in total. The molecule has 0 unspecified atom stereocenters. The number of ketones is 1. The van der Waals surface area contributed by atoms with Crippen molar-refractivity contribution < 1.29 is 4.79 Å². The Morgan fingerprint density at radius 1 is 1.12 bits per heavy atom. The summed E-state index contributed by atoms with van der Waals surface area (Å²) in [4.78, 5) is 17.3. The maximum atomic E-state index is 11.6. The molecular weight excluding hydrogens is 344 g/mol. The number of nitrogens with one attached hydrogen (secondary N) is 2. The van der Waals surface area contributed by atoms with E-state index in [1.54, 1.807) is 29.1 Å². The molecule has 0 saturated heterocycles. The average molecular weight is 364 g/mol. The summed E-state index contributed by atoms with van der Waals surface area (Å²) in [5.41, 5.74) is 3.69. The van der Waals surface area contributed by atoms with Gasteiger partial charge in [-0.05, 0) is 51.1 Å². The molecule has 0 aliphatic heterocycles. The fraction of sp³-hybridized carbons (Fsp3) is 0.150. The number of hydrogen-bond donors (Lipinski definition) is 2. The molecular formula is C20H20N4OS. The van der Waals surface area contributed by atoms with Gasteiger partial charge < -0.3 is 5.32 Å². The number of Topliss-reactive ketones (excluding diaryl/α,β-unsaturated/α-hetero) is 1. The van der Waals surface area contributed by atoms with E-state index in [0.717, 1.165) is 21.8 Å². The summed E-state index contributed by atoms with van der Waals surface area (Å²) in [7, 11) is 0. The van der Waals surface area contributed by atoms with E-state index < -0.39 is 0 Å². The van der Waals surface area contributed by atoms with Crippen LogP contribution in [-0.4, -0.2) is 15.7 Å². The van der Waals surface area contributed by atoms with Crippen molar-refractivity contribution >= 4 is 34.7 Å². The van der Waals surface area contributed by atoms with Crippen molar-refractivity contribution in [2.45, 2.75) is 20.8 Å². The average Bonchev–Trinajstić information content (AvgIpc) is 2.95. The number of aryl methyl sites for hydroxylation is 2. The second-order valence-corrected chi connectivity index (χ2v) is 7.25. The minimum Gasteiger partial charge on any atom is -0.325 e. The Morgan fingerprint density at radius 3 is 2.46 bits per heavy atom. The van der Waals surface area contributed by atoms with Gasteiger partial charge in [-0.1, -0.05) is 41.4 Å². The molecule has 1 aromatic heterocycles. The SMILES string of the molecule is CC(=O)c1cccc(NC(=Nc2ccc(C)cc2)n2sc(C)cc2=N)c1. The van der Waals surface area contributed by atoms with Crippen LogP contribution >= 0.6 is 11.5 Å². The van der Waals surface area contributed by atoms with Gasteiger partial charge >= 0.3 is 0 Å². The summed E-state index contributed by atoms with van der Waals surface area (Å²) in [6.45, 7) is 5.53. The number of aliphatic imine (C=N–C) groups is 1. The minimum atomic E-state index is 0.00600. The summed E-state index contributed by atoms with van der Waals surface area (Å²) >= 11 is 1.44. The van der Waals surface area contributed by atoms with Gasteiger partial charge in [-0.25, -0.2) is 8.95 Å². The molecule has 26 heavy (non-hydrogen) atoms. The molecule has 0 aliphatic carbocycles. The molecule has 0 atom stereocenters. The largest absolute Gasteiger partial charge is 0.325 e. The van der Waals surface area contributed by atoms with E-state index >= 15 is 0 Å². The maximum Gasteiger partial charge on any atom is 0.223 e. The van der Waals surface area contributed by atoms with Crippen molar-refractivity contribution in [2.24, 2.45) is 4.99 Å². The van der Waals surface area contributed by atoms with Crippen LogP contribution in [0.3, 0.4) is 0 Å². The number of benzene rings is 2. The van der Waals surface area contributed by atoms with Crippen LogP contribution in [0.15, 0.2) is 59.6 Å². The highest BCUT2D eigenvalue weighted by molar-refractivity contribution is 7.07. The third-order valence-corrected chi connectivity index (χ3v) is 4.74. The van der Waals surface area contributed by atoms with Crippen molar-refractivity contribution in [3.8, 4) is 0 Å². The fourth-order valence-corrected chi connectivity index (χ4v) is 3.22. The second-order valence-electron chi connectivity index (χ2n) is 6.06. The zero-order chi connectivity index (χ0) is 18.7. The quantitative estimate of drug-likeness (QED) is 0.408.